The number of hydrogen-bond donors (Lipinski definition) is 1. The average Bonchev–Trinajstić information content (AvgIpc) is 3.19. The monoisotopic (exact) mass is 541 g/mol. The van der Waals surface area contributed by atoms with Gasteiger partial charge in [0.25, 0.3) is 5.91 Å². The quantitative estimate of drug-likeness (QED) is 0.257. The molecule has 1 heterocycles. The van der Waals surface area contributed by atoms with E-state index in [1.165, 1.54) is 17.4 Å². The summed E-state index contributed by atoms with van der Waals surface area (Å²) in [5, 5.41) is 24.0. The first-order valence-corrected chi connectivity index (χ1v) is 12.7. The first-order chi connectivity index (χ1) is 16.9. The zero-order chi connectivity index (χ0) is 24.9. The summed E-state index contributed by atoms with van der Waals surface area (Å²) in [5.41, 5.74) is 2.54. The maximum Gasteiger partial charge on any atom is 0.266 e. The van der Waals surface area contributed by atoms with E-state index in [9.17, 15) is 15.3 Å². The molecular formula is C26H18Cl3N3O2S. The number of amides is 1. The molecular weight excluding hydrogens is 525 g/mol. The van der Waals surface area contributed by atoms with Crippen LogP contribution in [-0.4, -0.2) is 5.91 Å². The van der Waals surface area contributed by atoms with Crippen molar-refractivity contribution < 1.29 is 9.53 Å². The van der Waals surface area contributed by atoms with Gasteiger partial charge in [-0.1, -0.05) is 40.9 Å². The van der Waals surface area contributed by atoms with Crippen LogP contribution in [0.2, 0.25) is 15.1 Å². The minimum atomic E-state index is -0.603. The molecule has 1 aliphatic rings. The molecule has 0 spiro atoms. The lowest BCUT2D eigenvalue weighted by Crippen LogP contribution is -2.13. The number of nitriles is 2. The summed E-state index contributed by atoms with van der Waals surface area (Å²) in [7, 11) is 0. The third-order valence-electron chi connectivity index (χ3n) is 5.55. The van der Waals surface area contributed by atoms with Gasteiger partial charge in [0.15, 0.2) is 0 Å². The van der Waals surface area contributed by atoms with E-state index in [-0.39, 0.29) is 12.2 Å². The van der Waals surface area contributed by atoms with Crippen molar-refractivity contribution >= 4 is 63.1 Å². The zero-order valence-electron chi connectivity index (χ0n) is 18.3. The predicted molar refractivity (Wildman–Crippen MR) is 140 cm³/mol. The lowest BCUT2D eigenvalue weighted by Gasteiger charge is -2.12. The van der Waals surface area contributed by atoms with Crippen LogP contribution in [0.3, 0.4) is 0 Å². The molecule has 0 bridgehead atoms. The van der Waals surface area contributed by atoms with Crippen LogP contribution >= 0.6 is 46.1 Å². The number of halogens is 3. The number of rotatable bonds is 6. The summed E-state index contributed by atoms with van der Waals surface area (Å²) < 4.78 is 5.92. The number of ether oxygens (including phenoxy) is 1. The minimum absolute atomic E-state index is 0.142. The number of fused-ring (bicyclic) bond motifs is 1. The molecule has 0 unspecified atom stereocenters. The van der Waals surface area contributed by atoms with Crippen molar-refractivity contribution in [2.24, 2.45) is 0 Å². The highest BCUT2D eigenvalue weighted by molar-refractivity contribution is 7.16. The van der Waals surface area contributed by atoms with Crippen LogP contribution in [0.15, 0.2) is 42.0 Å². The van der Waals surface area contributed by atoms with Crippen molar-refractivity contribution in [1.29, 1.82) is 10.5 Å². The molecule has 1 N–H and O–H groups in total. The van der Waals surface area contributed by atoms with Crippen LogP contribution in [0.4, 0.5) is 5.00 Å². The SMILES string of the molecule is N#C/C(=C\c1cc(Cl)ccc1OCc1ccc(Cl)cc1Cl)C(=O)Nc1sc2c(c1C#N)CCCC2. The van der Waals surface area contributed by atoms with E-state index in [0.29, 0.717) is 36.9 Å². The number of nitrogens with zero attached hydrogens (tertiary/aromatic N) is 2. The standard InChI is InChI=1S/C26H18Cl3N3O2S/c27-18-7-8-23(34-14-15-5-6-19(28)11-22(15)29)16(10-18)9-17(12-30)25(33)32-26-21(13-31)20-3-1-2-4-24(20)35-26/h5-11H,1-4,14H2,(H,32,33)/b17-9+. The lowest BCUT2D eigenvalue weighted by atomic mass is 9.96. The molecule has 176 valence electrons. The largest absolute Gasteiger partial charge is 0.488 e. The van der Waals surface area contributed by atoms with Gasteiger partial charge in [-0.05, 0) is 67.7 Å². The van der Waals surface area contributed by atoms with Crippen molar-refractivity contribution in [1.82, 2.24) is 0 Å². The van der Waals surface area contributed by atoms with E-state index in [1.807, 2.05) is 6.07 Å². The Kier molecular flexibility index (Phi) is 8.00. The normalized spacial score (nSPS) is 12.9. The Hall–Kier alpha value is -3.00. The van der Waals surface area contributed by atoms with Crippen LogP contribution in [-0.2, 0) is 24.2 Å². The van der Waals surface area contributed by atoms with Gasteiger partial charge in [0.2, 0.25) is 0 Å². The molecule has 0 radical (unpaired) electrons. The third-order valence-corrected chi connectivity index (χ3v) is 7.57. The molecule has 0 aliphatic heterocycles. The molecule has 0 saturated heterocycles. The Morgan fingerprint density at radius 3 is 2.57 bits per heavy atom. The summed E-state index contributed by atoms with van der Waals surface area (Å²) in [6.45, 7) is 0.152. The number of carbonyl (C=O) groups is 1. The summed E-state index contributed by atoms with van der Waals surface area (Å²) in [6.07, 6.45) is 5.22. The maximum atomic E-state index is 13.0. The van der Waals surface area contributed by atoms with Gasteiger partial charge >= 0.3 is 0 Å². The fourth-order valence-electron chi connectivity index (χ4n) is 3.80. The van der Waals surface area contributed by atoms with Gasteiger partial charge in [-0.2, -0.15) is 10.5 Å². The van der Waals surface area contributed by atoms with Crippen LogP contribution in [0, 0.1) is 22.7 Å². The molecule has 4 rings (SSSR count). The highest BCUT2D eigenvalue weighted by Crippen LogP contribution is 2.38. The summed E-state index contributed by atoms with van der Waals surface area (Å²) in [4.78, 5) is 14.1. The number of benzene rings is 2. The number of hydrogen-bond acceptors (Lipinski definition) is 5. The summed E-state index contributed by atoms with van der Waals surface area (Å²) in [6, 6.07) is 14.2. The second kappa shape index (κ2) is 11.2. The Morgan fingerprint density at radius 1 is 1.09 bits per heavy atom. The molecule has 1 aliphatic carbocycles. The van der Waals surface area contributed by atoms with Crippen LogP contribution in [0.5, 0.6) is 5.75 Å². The molecule has 2 aromatic carbocycles. The fourth-order valence-corrected chi connectivity index (χ4v) is 5.68. The van der Waals surface area contributed by atoms with E-state index in [2.05, 4.69) is 11.4 Å². The van der Waals surface area contributed by atoms with E-state index in [0.717, 1.165) is 41.7 Å². The number of nitrogens with one attached hydrogen (secondary N) is 1. The molecule has 9 heteroatoms. The second-order valence-electron chi connectivity index (χ2n) is 7.86. The third kappa shape index (κ3) is 5.81. The topological polar surface area (TPSA) is 85.9 Å². The molecule has 0 atom stereocenters. The van der Waals surface area contributed by atoms with E-state index >= 15 is 0 Å². The number of carbonyl (C=O) groups excluding carboxylic acids is 1. The van der Waals surface area contributed by atoms with Crippen molar-refractivity contribution in [3.63, 3.8) is 0 Å². The molecule has 1 aromatic heterocycles. The summed E-state index contributed by atoms with van der Waals surface area (Å²) in [5.74, 6) is -0.181. The fraction of sp³-hybridized carbons (Fsp3) is 0.192. The van der Waals surface area contributed by atoms with Gasteiger partial charge in [0, 0.05) is 31.1 Å². The van der Waals surface area contributed by atoms with E-state index in [4.69, 9.17) is 39.5 Å². The van der Waals surface area contributed by atoms with Gasteiger partial charge in [0.1, 0.15) is 35.1 Å². The molecule has 3 aromatic rings. The number of aryl methyl sites for hydroxylation is 1. The van der Waals surface area contributed by atoms with Crippen molar-refractivity contribution in [2.45, 2.75) is 32.3 Å². The van der Waals surface area contributed by atoms with E-state index in [1.54, 1.807) is 36.4 Å². The average molecular weight is 543 g/mol. The summed E-state index contributed by atoms with van der Waals surface area (Å²) >= 11 is 19.8. The van der Waals surface area contributed by atoms with Gasteiger partial charge in [-0.25, -0.2) is 0 Å². The first-order valence-electron chi connectivity index (χ1n) is 10.7. The molecule has 35 heavy (non-hydrogen) atoms. The minimum Gasteiger partial charge on any atom is -0.488 e. The smallest absolute Gasteiger partial charge is 0.266 e. The Balaban J connectivity index is 1.58. The molecule has 0 saturated carbocycles. The lowest BCUT2D eigenvalue weighted by molar-refractivity contribution is -0.112. The van der Waals surface area contributed by atoms with Crippen molar-refractivity contribution in [3.05, 3.63) is 84.2 Å². The zero-order valence-corrected chi connectivity index (χ0v) is 21.4. The molecule has 0 fully saturated rings. The highest BCUT2D eigenvalue weighted by atomic mass is 35.5. The maximum absolute atomic E-state index is 13.0. The molecule has 5 nitrogen and oxygen atoms in total. The molecule has 1 amide bonds. The van der Waals surface area contributed by atoms with Crippen LogP contribution in [0.25, 0.3) is 6.08 Å². The van der Waals surface area contributed by atoms with Crippen LogP contribution < -0.4 is 10.1 Å². The van der Waals surface area contributed by atoms with Gasteiger partial charge in [-0.3, -0.25) is 4.79 Å². The van der Waals surface area contributed by atoms with Gasteiger partial charge < -0.3 is 10.1 Å². The second-order valence-corrected chi connectivity index (χ2v) is 10.2. The van der Waals surface area contributed by atoms with E-state index < -0.39 is 5.91 Å². The highest BCUT2D eigenvalue weighted by Gasteiger charge is 2.23. The van der Waals surface area contributed by atoms with Gasteiger partial charge in [-0.15, -0.1) is 11.3 Å². The number of anilines is 1. The first kappa shape index (κ1) is 25.1. The van der Waals surface area contributed by atoms with Crippen LogP contribution in [0.1, 0.15) is 40.0 Å². The predicted octanol–water partition coefficient (Wildman–Crippen LogP) is 7.58. The Morgan fingerprint density at radius 2 is 1.83 bits per heavy atom. The Labute approximate surface area is 222 Å². The van der Waals surface area contributed by atoms with Crippen molar-refractivity contribution in [2.75, 3.05) is 5.32 Å². The number of thiophene rings is 1. The Bertz CT molecular complexity index is 1420. The van der Waals surface area contributed by atoms with Crippen molar-refractivity contribution in [3.8, 4) is 17.9 Å². The van der Waals surface area contributed by atoms with Gasteiger partial charge in [0.05, 0.1) is 5.56 Å².